The molecule has 127 heavy (non-hydrogen) atoms. The Kier molecular flexibility index (Phi) is 40.2. The standard InChI is InChI=1S/C83H107N17O27/c1-5-6-7-8-9-14-30-126-49-27-25-46(26-28-49)45-21-23-47(24-22-45)73(115)94-55(32-48-38-87-53-19-13-11-16-50(48)53)77(119)95-56(34-63(86)103)78(120)97-59(37-69(112)113)79(121)100-71-44(4)127-83(125)60(33-62(102)51-17-10-12-18-52(51)85)98-82(124)70(42(2)31-66(106)107)99-80(122)61(41-101)92-65(105)39-88-74(116)57(35-67(108)109)93-72(114)43(3)90-76(118)58(36-68(110)111)96-75(117)54(20-15-29-84)91-64(104)40-89-81(71)123/h10-13,16-19,21-28,38,42-44,54-61,70-71,87,101H,5-9,14-15,20,29-37,39-41,84-85H2,1-4H3,(H2,86,103)(H,88,116)(H,89,123)(H,90,118)(H,91,104)(H,92,105)(H,93,114)(H,94,115)(H,95,119)(H,96,117)(H,97,120)(H,98,124)(H,99,122)(H,100,121)(H,106,107)(H,108,109)(H,110,111)(H,112,113)/t42-,43+,44+,54-,55-,56-,57-,58+,59-,60-,61+,70-,71-/m0/s1. The van der Waals surface area contributed by atoms with E-state index in [1.54, 1.807) is 42.6 Å². The Hall–Kier alpha value is -14.5. The summed E-state index contributed by atoms with van der Waals surface area (Å²) in [6.45, 7) is 1.69. The predicted octanol–water partition coefficient (Wildman–Crippen LogP) is -3.04. The van der Waals surface area contributed by atoms with E-state index in [1.165, 1.54) is 49.2 Å². The third-order valence-electron chi connectivity index (χ3n) is 19.9. The zero-order chi connectivity index (χ0) is 93.7. The largest absolute Gasteiger partial charge is 0.494 e. The summed E-state index contributed by atoms with van der Waals surface area (Å²) >= 11 is 0. The molecule has 686 valence electrons. The van der Waals surface area contributed by atoms with Crippen LogP contribution in [0.2, 0.25) is 0 Å². The lowest BCUT2D eigenvalue weighted by Gasteiger charge is -2.30. The average Bonchev–Trinajstić information content (AvgIpc) is 1.74. The summed E-state index contributed by atoms with van der Waals surface area (Å²) < 4.78 is 11.7. The number of esters is 1. The van der Waals surface area contributed by atoms with Crippen LogP contribution in [0.15, 0.2) is 103 Å². The molecule has 0 radical (unpaired) electrons. The number of para-hydroxylation sites is 2. The highest BCUT2D eigenvalue weighted by molar-refractivity contribution is 6.06. The molecule has 1 saturated heterocycles. The smallest absolute Gasteiger partial charge is 0.329 e. The number of cyclic esters (lactones) is 1. The van der Waals surface area contributed by atoms with Crippen molar-refractivity contribution in [2.45, 2.75) is 197 Å². The lowest BCUT2D eigenvalue weighted by Crippen LogP contribution is -2.62. The maximum atomic E-state index is 14.9. The van der Waals surface area contributed by atoms with Gasteiger partial charge in [-0.2, -0.15) is 0 Å². The van der Waals surface area contributed by atoms with Gasteiger partial charge in [0, 0.05) is 46.8 Å². The van der Waals surface area contributed by atoms with Crippen molar-refractivity contribution in [3.05, 3.63) is 120 Å². The molecule has 5 aromatic rings. The molecule has 0 spiro atoms. The topological polar surface area (TPSA) is 711 Å². The lowest BCUT2D eigenvalue weighted by molar-refractivity contribution is -0.156. The number of primary amides is 1. The Morgan fingerprint density at radius 2 is 1.08 bits per heavy atom. The summed E-state index contributed by atoms with van der Waals surface area (Å²) in [4.78, 5) is 279. The monoisotopic (exact) mass is 1770 g/mol. The van der Waals surface area contributed by atoms with Gasteiger partial charge in [-0.25, -0.2) is 4.79 Å². The van der Waals surface area contributed by atoms with Crippen molar-refractivity contribution in [1.82, 2.24) is 74.1 Å². The van der Waals surface area contributed by atoms with Crippen LogP contribution in [-0.2, 0) is 97.5 Å². The zero-order valence-electron chi connectivity index (χ0n) is 69.9. The first-order valence-corrected chi connectivity index (χ1v) is 40.6. The number of nitrogen functional groups attached to an aromatic ring is 1. The molecule has 6 rings (SSSR count). The van der Waals surface area contributed by atoms with E-state index in [9.17, 15) is 121 Å². The summed E-state index contributed by atoms with van der Waals surface area (Å²) in [7, 11) is 0. The molecule has 0 saturated carbocycles. The average molecular weight is 1770 g/mol. The predicted molar refractivity (Wildman–Crippen MR) is 448 cm³/mol. The highest BCUT2D eigenvalue weighted by Crippen LogP contribution is 2.26. The van der Waals surface area contributed by atoms with Gasteiger partial charge in [-0.1, -0.05) is 101 Å². The first kappa shape index (κ1) is 101. The normalized spacial score (nSPS) is 20.2. The van der Waals surface area contributed by atoms with E-state index >= 15 is 0 Å². The number of unbranched alkanes of at least 4 members (excludes halogenated alkanes) is 5. The number of hydrogen-bond acceptors (Lipinski definition) is 25. The van der Waals surface area contributed by atoms with Gasteiger partial charge in [0.2, 0.25) is 76.8 Å². The van der Waals surface area contributed by atoms with Crippen LogP contribution < -0.4 is 91.1 Å². The summed E-state index contributed by atoms with van der Waals surface area (Å²) in [5, 5.41) is 78.9. The first-order valence-electron chi connectivity index (χ1n) is 40.6. The van der Waals surface area contributed by atoms with Crippen molar-refractivity contribution in [1.29, 1.82) is 0 Å². The number of benzene rings is 4. The third-order valence-corrected chi connectivity index (χ3v) is 19.9. The van der Waals surface area contributed by atoms with Crippen LogP contribution in [0.4, 0.5) is 5.69 Å². The molecular weight excluding hydrogens is 1670 g/mol. The fourth-order valence-corrected chi connectivity index (χ4v) is 13.1. The number of carboxylic acid groups (broad SMARTS) is 4. The number of amides is 14. The zero-order valence-corrected chi connectivity index (χ0v) is 69.9. The molecule has 44 nitrogen and oxygen atoms in total. The van der Waals surface area contributed by atoms with Gasteiger partial charge >= 0.3 is 29.8 Å². The quantitative estimate of drug-likeness (QED) is 0.00813. The van der Waals surface area contributed by atoms with Gasteiger partial charge in [-0.15, -0.1) is 0 Å². The maximum absolute atomic E-state index is 14.9. The highest BCUT2D eigenvalue weighted by atomic mass is 16.5. The van der Waals surface area contributed by atoms with E-state index in [2.05, 4.69) is 65.1 Å². The van der Waals surface area contributed by atoms with Gasteiger partial charge in [-0.3, -0.25) is 91.1 Å². The molecule has 4 aromatic carbocycles. The molecule has 1 fully saturated rings. The van der Waals surface area contributed by atoms with Crippen molar-refractivity contribution in [3.8, 4) is 16.9 Å². The Labute approximate surface area is 726 Å². The van der Waals surface area contributed by atoms with Crippen LogP contribution in [0, 0.1) is 5.92 Å². The minimum atomic E-state index is -2.48. The van der Waals surface area contributed by atoms with Crippen LogP contribution in [-0.4, -0.2) is 254 Å². The number of carbonyl (C=O) groups is 20. The Bertz CT molecular complexity index is 4810. The van der Waals surface area contributed by atoms with E-state index in [-0.39, 0.29) is 36.2 Å². The Balaban J connectivity index is 1.38. The minimum absolute atomic E-state index is 0.0584. The number of carboxylic acids is 4. The van der Waals surface area contributed by atoms with Gasteiger partial charge in [0.05, 0.1) is 58.4 Å². The molecule has 13 atom stereocenters. The maximum Gasteiger partial charge on any atom is 0.329 e. The molecule has 1 aromatic heterocycles. The van der Waals surface area contributed by atoms with Gasteiger partial charge in [0.1, 0.15) is 78.3 Å². The number of aliphatic hydroxyl groups excluding tert-OH is 1. The fourth-order valence-electron chi connectivity index (χ4n) is 13.1. The summed E-state index contributed by atoms with van der Waals surface area (Å²) in [5.74, 6) is -29.6. The van der Waals surface area contributed by atoms with Crippen LogP contribution >= 0.6 is 0 Å². The number of carbonyl (C=O) groups excluding carboxylic acids is 16. The number of aliphatic carboxylic acids is 4. The number of aliphatic hydroxyl groups is 1. The second kappa shape index (κ2) is 50.3. The number of aromatic nitrogens is 1. The SMILES string of the molecule is CCCCCCCCOc1ccc(-c2ccc(C(=O)N[C@@H](Cc3c[nH]c4ccccc34)C(=O)N[C@@H](CC(N)=O)C(=O)N[C@@H](CC(=O)O)C(=O)N[C@@H]3C(=O)NCC(=O)N[C@@H](CCCN)C(=O)N[C@H](CC(=O)O)C(=O)N[C@H](C)C(=O)N[C@@H](CC(=O)O)C(=O)NCC(=O)N[C@H](CO)C(=O)N[C@@H]([C@@H](C)CC(=O)O)C(=O)N[C@@H](CC(=O)c4ccccc4N)C(=O)O[C@@H]3C)cc2)cc1. The number of aromatic amines is 1. The molecule has 0 unspecified atom stereocenters. The second-order valence-electron chi connectivity index (χ2n) is 30.0. The lowest BCUT2D eigenvalue weighted by atomic mass is 9.96. The molecule has 14 amide bonds. The molecule has 1 aliphatic heterocycles. The van der Waals surface area contributed by atoms with Crippen molar-refractivity contribution in [2.75, 3.05) is 38.6 Å². The van der Waals surface area contributed by atoms with E-state index < -0.39 is 261 Å². The van der Waals surface area contributed by atoms with Gasteiger partial charge < -0.3 is 126 Å². The number of fused-ring (bicyclic) bond motifs is 1. The molecule has 25 N–H and O–H groups in total. The minimum Gasteiger partial charge on any atom is -0.494 e. The summed E-state index contributed by atoms with van der Waals surface area (Å²) in [6, 6.07) is 2.67. The fraction of sp³-hybridized carbons (Fsp3) is 0.446. The van der Waals surface area contributed by atoms with E-state index in [0.29, 0.717) is 34.4 Å². The molecule has 0 bridgehead atoms. The van der Waals surface area contributed by atoms with Crippen LogP contribution in [0.25, 0.3) is 22.0 Å². The third kappa shape index (κ3) is 32.9. The van der Waals surface area contributed by atoms with E-state index in [4.69, 9.17) is 26.7 Å². The first-order chi connectivity index (χ1) is 60.3. The van der Waals surface area contributed by atoms with Gasteiger partial charge in [0.15, 0.2) is 5.78 Å². The van der Waals surface area contributed by atoms with Crippen LogP contribution in [0.5, 0.6) is 5.75 Å². The van der Waals surface area contributed by atoms with E-state index in [0.717, 1.165) is 52.0 Å². The van der Waals surface area contributed by atoms with Crippen molar-refractivity contribution in [2.24, 2.45) is 17.4 Å². The van der Waals surface area contributed by atoms with Crippen molar-refractivity contribution in [3.63, 3.8) is 0 Å². The summed E-state index contributed by atoms with van der Waals surface area (Å²) in [6.07, 6.45) is -2.01. The second-order valence-corrected chi connectivity index (χ2v) is 30.0. The molecule has 0 aliphatic carbocycles. The van der Waals surface area contributed by atoms with Crippen LogP contribution in [0.1, 0.15) is 144 Å². The number of H-pyrrole nitrogens is 1. The molecular formula is C83H107N17O27. The number of ether oxygens (including phenoxy) is 2. The number of rotatable bonds is 37. The highest BCUT2D eigenvalue weighted by Gasteiger charge is 2.41. The van der Waals surface area contributed by atoms with Gasteiger partial charge in [0.25, 0.3) is 5.91 Å². The Morgan fingerprint density at radius 3 is 1.69 bits per heavy atom. The summed E-state index contributed by atoms with van der Waals surface area (Å²) in [5.41, 5.74) is 19.6. The molecule has 44 heteroatoms. The van der Waals surface area contributed by atoms with Crippen molar-refractivity contribution >= 4 is 135 Å². The number of nitrogens with one attached hydrogen (secondary N) is 14. The number of Topliss-reactive ketones (excluding diaryl/α,β-unsaturated/α-hetero) is 1. The number of anilines is 1. The molecule has 1 aliphatic rings. The number of nitrogens with two attached hydrogens (primary N) is 3. The molecule has 2 heterocycles. The number of hydrogen-bond donors (Lipinski definition) is 22. The van der Waals surface area contributed by atoms with Crippen molar-refractivity contribution < 1.29 is 131 Å². The van der Waals surface area contributed by atoms with E-state index in [1.807, 2.05) is 40.2 Å². The number of ketones is 1. The Morgan fingerprint density at radius 1 is 0.535 bits per heavy atom. The van der Waals surface area contributed by atoms with Gasteiger partial charge in [-0.05, 0) is 105 Å². The van der Waals surface area contributed by atoms with Crippen LogP contribution in [0.3, 0.4) is 0 Å².